The van der Waals surface area contributed by atoms with Crippen LogP contribution in [0.4, 0.5) is 0 Å². The predicted molar refractivity (Wildman–Crippen MR) is 80.0 cm³/mol. The van der Waals surface area contributed by atoms with E-state index in [9.17, 15) is 14.7 Å². The molecule has 0 aromatic rings. The molecule has 1 aliphatic heterocycles. The molecule has 124 valence electrons. The second kappa shape index (κ2) is 6.96. The van der Waals surface area contributed by atoms with Crippen molar-refractivity contribution in [2.75, 3.05) is 6.61 Å². The fourth-order valence-electron chi connectivity index (χ4n) is 3.14. The highest BCUT2D eigenvalue weighted by Crippen LogP contribution is 2.30. The van der Waals surface area contributed by atoms with Crippen molar-refractivity contribution in [1.82, 2.24) is 10.6 Å². The molecule has 0 bridgehead atoms. The SMILES string of the molecule is O=C(C[C@H]1CC[C@H](NC(=O)C2CC2)[C@H](CO)O1)NC1CCC1. The van der Waals surface area contributed by atoms with Gasteiger partial charge in [0.2, 0.25) is 11.8 Å². The van der Waals surface area contributed by atoms with E-state index >= 15 is 0 Å². The third-order valence-corrected chi connectivity index (χ3v) is 4.95. The Kier molecular flexibility index (Phi) is 4.98. The van der Waals surface area contributed by atoms with Crippen LogP contribution >= 0.6 is 0 Å². The average molecular weight is 310 g/mol. The summed E-state index contributed by atoms with van der Waals surface area (Å²) in [7, 11) is 0. The zero-order valence-corrected chi connectivity index (χ0v) is 12.9. The first-order chi connectivity index (χ1) is 10.7. The van der Waals surface area contributed by atoms with Crippen molar-refractivity contribution in [3.63, 3.8) is 0 Å². The molecule has 22 heavy (non-hydrogen) atoms. The van der Waals surface area contributed by atoms with Crippen LogP contribution in [0.5, 0.6) is 0 Å². The van der Waals surface area contributed by atoms with Gasteiger partial charge in [0.05, 0.1) is 25.2 Å². The maximum atomic E-state index is 11.9. The van der Waals surface area contributed by atoms with Gasteiger partial charge in [-0.15, -0.1) is 0 Å². The molecule has 2 aliphatic carbocycles. The van der Waals surface area contributed by atoms with E-state index in [4.69, 9.17) is 4.74 Å². The van der Waals surface area contributed by atoms with Gasteiger partial charge in [-0.3, -0.25) is 9.59 Å². The molecule has 2 amide bonds. The van der Waals surface area contributed by atoms with Crippen molar-refractivity contribution in [1.29, 1.82) is 0 Å². The third-order valence-electron chi connectivity index (χ3n) is 4.95. The highest BCUT2D eigenvalue weighted by Gasteiger charge is 2.36. The van der Waals surface area contributed by atoms with E-state index in [0.717, 1.165) is 38.5 Å². The van der Waals surface area contributed by atoms with Gasteiger partial charge in [0.25, 0.3) is 0 Å². The molecule has 0 aromatic carbocycles. The lowest BCUT2D eigenvalue weighted by Crippen LogP contribution is -2.52. The van der Waals surface area contributed by atoms with Gasteiger partial charge >= 0.3 is 0 Å². The molecule has 6 heteroatoms. The molecule has 0 radical (unpaired) electrons. The topological polar surface area (TPSA) is 87.7 Å². The molecule has 3 atom stereocenters. The summed E-state index contributed by atoms with van der Waals surface area (Å²) in [4.78, 5) is 23.8. The monoisotopic (exact) mass is 310 g/mol. The molecular weight excluding hydrogens is 284 g/mol. The van der Waals surface area contributed by atoms with Crippen molar-refractivity contribution in [2.24, 2.45) is 5.92 Å². The highest BCUT2D eigenvalue weighted by atomic mass is 16.5. The molecule has 0 unspecified atom stereocenters. The maximum absolute atomic E-state index is 11.9. The zero-order valence-electron chi connectivity index (χ0n) is 12.9. The number of hydrogen-bond acceptors (Lipinski definition) is 4. The first-order valence-corrected chi connectivity index (χ1v) is 8.51. The molecule has 6 nitrogen and oxygen atoms in total. The standard InChI is InChI=1S/C16H26N2O4/c19-9-14-13(18-16(21)10-4-5-10)7-6-12(22-14)8-15(20)17-11-2-1-3-11/h10-14,19H,1-9H2,(H,17,20)(H,18,21)/t12-,13+,14+/m1/s1. The Balaban J connectivity index is 1.43. The number of carbonyl (C=O) groups excluding carboxylic acids is 2. The molecule has 3 N–H and O–H groups in total. The summed E-state index contributed by atoms with van der Waals surface area (Å²) >= 11 is 0. The normalized spacial score (nSPS) is 32.1. The Morgan fingerprint density at radius 1 is 1.05 bits per heavy atom. The number of aliphatic hydroxyl groups excluding tert-OH is 1. The number of ether oxygens (including phenoxy) is 1. The zero-order chi connectivity index (χ0) is 15.5. The molecule has 3 rings (SSSR count). The third kappa shape index (κ3) is 3.98. The van der Waals surface area contributed by atoms with Crippen LogP contribution in [0.2, 0.25) is 0 Å². The second-order valence-electron chi connectivity index (χ2n) is 6.85. The minimum absolute atomic E-state index is 0.0341. The quantitative estimate of drug-likeness (QED) is 0.666. The van der Waals surface area contributed by atoms with Crippen LogP contribution in [0.15, 0.2) is 0 Å². The van der Waals surface area contributed by atoms with Crippen molar-refractivity contribution >= 4 is 11.8 Å². The predicted octanol–water partition coefficient (Wildman–Crippen LogP) is 0.480. The van der Waals surface area contributed by atoms with Gasteiger partial charge in [-0.25, -0.2) is 0 Å². The van der Waals surface area contributed by atoms with E-state index in [-0.39, 0.29) is 36.5 Å². The van der Waals surface area contributed by atoms with Crippen LogP contribution in [0.25, 0.3) is 0 Å². The number of hydrogen-bond donors (Lipinski definition) is 3. The fraction of sp³-hybridized carbons (Fsp3) is 0.875. The van der Waals surface area contributed by atoms with Crippen LogP contribution in [0, 0.1) is 5.92 Å². The van der Waals surface area contributed by atoms with E-state index in [2.05, 4.69) is 10.6 Å². The van der Waals surface area contributed by atoms with Gasteiger partial charge < -0.3 is 20.5 Å². The Morgan fingerprint density at radius 2 is 1.82 bits per heavy atom. The molecule has 3 aliphatic rings. The van der Waals surface area contributed by atoms with Crippen molar-refractivity contribution in [3.8, 4) is 0 Å². The lowest BCUT2D eigenvalue weighted by Gasteiger charge is -2.36. The van der Waals surface area contributed by atoms with Gasteiger partial charge in [0.15, 0.2) is 0 Å². The first kappa shape index (κ1) is 15.7. The highest BCUT2D eigenvalue weighted by molar-refractivity contribution is 5.81. The fourth-order valence-corrected chi connectivity index (χ4v) is 3.14. The molecular formula is C16H26N2O4. The lowest BCUT2D eigenvalue weighted by molar-refractivity contribution is -0.137. The lowest BCUT2D eigenvalue weighted by atomic mass is 9.92. The van der Waals surface area contributed by atoms with Gasteiger partial charge in [0.1, 0.15) is 6.10 Å². The number of aliphatic hydroxyl groups is 1. The van der Waals surface area contributed by atoms with Crippen molar-refractivity contribution in [2.45, 2.75) is 75.7 Å². The van der Waals surface area contributed by atoms with E-state index in [0.29, 0.717) is 12.5 Å². The summed E-state index contributed by atoms with van der Waals surface area (Å²) in [5.41, 5.74) is 0. The second-order valence-corrected chi connectivity index (χ2v) is 6.85. The van der Waals surface area contributed by atoms with E-state index in [1.165, 1.54) is 6.42 Å². The van der Waals surface area contributed by atoms with Crippen molar-refractivity contribution < 1.29 is 19.4 Å². The van der Waals surface area contributed by atoms with E-state index in [1.807, 2.05) is 0 Å². The Morgan fingerprint density at radius 3 is 2.41 bits per heavy atom. The molecule has 1 heterocycles. The Hall–Kier alpha value is -1.14. The Bertz CT molecular complexity index is 420. The largest absolute Gasteiger partial charge is 0.394 e. The number of nitrogens with one attached hydrogen (secondary N) is 2. The molecule has 0 aromatic heterocycles. The molecule has 3 fully saturated rings. The van der Waals surface area contributed by atoms with Crippen LogP contribution in [-0.2, 0) is 14.3 Å². The summed E-state index contributed by atoms with van der Waals surface area (Å²) in [6.07, 6.45) is 6.55. The number of amides is 2. The molecule has 2 saturated carbocycles. The average Bonchev–Trinajstić information content (AvgIpc) is 3.29. The smallest absolute Gasteiger partial charge is 0.223 e. The summed E-state index contributed by atoms with van der Waals surface area (Å²) < 4.78 is 5.83. The van der Waals surface area contributed by atoms with Crippen LogP contribution in [0.3, 0.4) is 0 Å². The van der Waals surface area contributed by atoms with Gasteiger partial charge in [-0.2, -0.15) is 0 Å². The molecule has 0 spiro atoms. The summed E-state index contributed by atoms with van der Waals surface area (Å²) in [6.45, 7) is -0.129. The summed E-state index contributed by atoms with van der Waals surface area (Å²) in [6, 6.07) is 0.208. The van der Waals surface area contributed by atoms with Crippen LogP contribution < -0.4 is 10.6 Å². The van der Waals surface area contributed by atoms with E-state index in [1.54, 1.807) is 0 Å². The first-order valence-electron chi connectivity index (χ1n) is 8.51. The van der Waals surface area contributed by atoms with Gasteiger partial charge in [0, 0.05) is 12.0 Å². The van der Waals surface area contributed by atoms with E-state index < -0.39 is 6.10 Å². The number of carbonyl (C=O) groups is 2. The Labute approximate surface area is 131 Å². The summed E-state index contributed by atoms with van der Waals surface area (Å²) in [5, 5.41) is 15.5. The van der Waals surface area contributed by atoms with Gasteiger partial charge in [-0.1, -0.05) is 0 Å². The minimum atomic E-state index is -0.405. The van der Waals surface area contributed by atoms with Crippen molar-refractivity contribution in [3.05, 3.63) is 0 Å². The maximum Gasteiger partial charge on any atom is 0.223 e. The summed E-state index contributed by atoms with van der Waals surface area (Å²) in [5.74, 6) is 0.269. The molecule has 1 saturated heterocycles. The van der Waals surface area contributed by atoms with Crippen LogP contribution in [0.1, 0.15) is 51.4 Å². The van der Waals surface area contributed by atoms with Crippen LogP contribution in [-0.4, -0.2) is 47.8 Å². The minimum Gasteiger partial charge on any atom is -0.394 e. The van der Waals surface area contributed by atoms with Gasteiger partial charge in [-0.05, 0) is 44.9 Å². The number of rotatable bonds is 6.